The van der Waals surface area contributed by atoms with Crippen molar-refractivity contribution in [1.82, 2.24) is 0 Å². The van der Waals surface area contributed by atoms with Gasteiger partial charge in [-0.15, -0.1) is 0 Å². The second kappa shape index (κ2) is 2.83. The van der Waals surface area contributed by atoms with E-state index >= 15 is 0 Å². The van der Waals surface area contributed by atoms with Crippen LogP contribution in [0.15, 0.2) is 0 Å². The van der Waals surface area contributed by atoms with E-state index in [2.05, 4.69) is 0 Å². The zero-order valence-corrected chi connectivity index (χ0v) is 8.17. The van der Waals surface area contributed by atoms with Gasteiger partial charge in [0.25, 0.3) is 0 Å². The summed E-state index contributed by atoms with van der Waals surface area (Å²) in [7, 11) is 0. The molecule has 0 aromatic heterocycles. The van der Waals surface area contributed by atoms with Crippen molar-refractivity contribution in [2.24, 2.45) is 23.7 Å². The van der Waals surface area contributed by atoms with Crippen LogP contribution in [0.3, 0.4) is 0 Å². The summed E-state index contributed by atoms with van der Waals surface area (Å²) in [5, 5.41) is 0. The summed E-state index contributed by atoms with van der Waals surface area (Å²) < 4.78 is 0. The van der Waals surface area contributed by atoms with E-state index in [1.54, 1.807) is 0 Å². The number of carbonyl (C=O) groups excluding carboxylic acids is 1. The van der Waals surface area contributed by atoms with Gasteiger partial charge in [-0.3, -0.25) is 4.79 Å². The normalized spacial score (nSPS) is 49.1. The van der Waals surface area contributed by atoms with Gasteiger partial charge >= 0.3 is 0 Å². The molecular formula is C12H18O. The van der Waals surface area contributed by atoms with Crippen molar-refractivity contribution in [3.63, 3.8) is 0 Å². The molecule has 1 heteroatoms. The Morgan fingerprint density at radius 2 is 1.62 bits per heavy atom. The van der Waals surface area contributed by atoms with Crippen LogP contribution in [0, 0.1) is 23.7 Å². The van der Waals surface area contributed by atoms with E-state index in [1.807, 2.05) is 0 Å². The monoisotopic (exact) mass is 178 g/mol. The Kier molecular flexibility index (Phi) is 1.75. The highest BCUT2D eigenvalue weighted by Crippen LogP contribution is 2.52. The van der Waals surface area contributed by atoms with Gasteiger partial charge < -0.3 is 0 Å². The molecule has 13 heavy (non-hydrogen) atoms. The molecule has 0 radical (unpaired) electrons. The van der Waals surface area contributed by atoms with Gasteiger partial charge in [0, 0.05) is 12.3 Å². The number of hydrogen-bond acceptors (Lipinski definition) is 1. The number of rotatable bonds is 0. The van der Waals surface area contributed by atoms with Gasteiger partial charge in [0.15, 0.2) is 0 Å². The van der Waals surface area contributed by atoms with Crippen molar-refractivity contribution in [1.29, 1.82) is 0 Å². The smallest absolute Gasteiger partial charge is 0.136 e. The Bertz CT molecular complexity index is 231. The molecule has 0 N–H and O–H groups in total. The first-order valence-corrected chi connectivity index (χ1v) is 5.89. The fourth-order valence-electron chi connectivity index (χ4n) is 4.22. The SMILES string of the molecule is O=C1C[C@H]2CCC[C@H]3CCC[C@H]1[C@H]32. The first-order valence-electron chi connectivity index (χ1n) is 5.89. The quantitative estimate of drug-likeness (QED) is 0.557. The third kappa shape index (κ3) is 1.09. The lowest BCUT2D eigenvalue weighted by Crippen LogP contribution is -2.33. The van der Waals surface area contributed by atoms with Crippen molar-refractivity contribution < 1.29 is 4.79 Å². The molecule has 0 heterocycles. The predicted molar refractivity (Wildman–Crippen MR) is 51.3 cm³/mol. The highest BCUT2D eigenvalue weighted by molar-refractivity contribution is 5.84. The van der Waals surface area contributed by atoms with Crippen molar-refractivity contribution in [2.45, 2.75) is 44.9 Å². The van der Waals surface area contributed by atoms with Crippen LogP contribution >= 0.6 is 0 Å². The molecule has 0 bridgehead atoms. The average Bonchev–Trinajstić information content (AvgIpc) is 2.47. The number of hydrogen-bond donors (Lipinski definition) is 0. The Hall–Kier alpha value is -0.330. The number of Topliss-reactive ketones (excluding diaryl/α,β-unsaturated/α-hetero) is 1. The minimum absolute atomic E-state index is 0.504. The largest absolute Gasteiger partial charge is 0.299 e. The van der Waals surface area contributed by atoms with E-state index < -0.39 is 0 Å². The summed E-state index contributed by atoms with van der Waals surface area (Å²) in [6.45, 7) is 0. The Morgan fingerprint density at radius 1 is 0.923 bits per heavy atom. The van der Waals surface area contributed by atoms with E-state index in [4.69, 9.17) is 0 Å². The van der Waals surface area contributed by atoms with Gasteiger partial charge in [-0.1, -0.05) is 25.7 Å². The van der Waals surface area contributed by atoms with E-state index in [0.717, 1.165) is 24.2 Å². The van der Waals surface area contributed by atoms with Crippen LogP contribution in [-0.2, 0) is 4.79 Å². The lowest BCUT2D eigenvalue weighted by atomic mass is 9.65. The molecule has 0 unspecified atom stereocenters. The van der Waals surface area contributed by atoms with Gasteiger partial charge in [0.2, 0.25) is 0 Å². The highest BCUT2D eigenvalue weighted by Gasteiger charge is 2.48. The Labute approximate surface area is 79.9 Å². The van der Waals surface area contributed by atoms with Crippen LogP contribution in [0.4, 0.5) is 0 Å². The lowest BCUT2D eigenvalue weighted by molar-refractivity contribution is -0.122. The summed E-state index contributed by atoms with van der Waals surface area (Å²) in [6.07, 6.45) is 9.07. The third-order valence-corrected chi connectivity index (χ3v) is 4.67. The molecule has 3 saturated carbocycles. The highest BCUT2D eigenvalue weighted by atomic mass is 16.1. The molecule has 72 valence electrons. The zero-order valence-electron chi connectivity index (χ0n) is 8.17. The van der Waals surface area contributed by atoms with E-state index in [0.29, 0.717) is 11.7 Å². The van der Waals surface area contributed by atoms with Gasteiger partial charge in [-0.2, -0.15) is 0 Å². The fraction of sp³-hybridized carbons (Fsp3) is 0.917. The summed E-state index contributed by atoms with van der Waals surface area (Å²) in [4.78, 5) is 11.8. The second-order valence-electron chi connectivity index (χ2n) is 5.24. The van der Waals surface area contributed by atoms with Crippen molar-refractivity contribution in [3.05, 3.63) is 0 Å². The molecule has 1 nitrogen and oxygen atoms in total. The maximum Gasteiger partial charge on any atom is 0.136 e. The summed E-state index contributed by atoms with van der Waals surface area (Å²) in [6, 6.07) is 0. The molecule has 0 spiro atoms. The first-order chi connectivity index (χ1) is 6.36. The molecule has 0 saturated heterocycles. The topological polar surface area (TPSA) is 17.1 Å². The number of carbonyl (C=O) groups is 1. The summed E-state index contributed by atoms with van der Waals surface area (Å²) >= 11 is 0. The van der Waals surface area contributed by atoms with Crippen LogP contribution < -0.4 is 0 Å². The van der Waals surface area contributed by atoms with E-state index in [-0.39, 0.29) is 0 Å². The van der Waals surface area contributed by atoms with Crippen LogP contribution in [0.1, 0.15) is 44.9 Å². The van der Waals surface area contributed by atoms with Gasteiger partial charge in [-0.25, -0.2) is 0 Å². The number of ketones is 1. The van der Waals surface area contributed by atoms with Crippen molar-refractivity contribution in [3.8, 4) is 0 Å². The molecule has 0 aromatic carbocycles. The maximum absolute atomic E-state index is 11.8. The van der Waals surface area contributed by atoms with Gasteiger partial charge in [0.05, 0.1) is 0 Å². The van der Waals surface area contributed by atoms with E-state index in [9.17, 15) is 4.79 Å². The van der Waals surface area contributed by atoms with Crippen molar-refractivity contribution >= 4 is 5.78 Å². The van der Waals surface area contributed by atoms with E-state index in [1.165, 1.54) is 38.5 Å². The maximum atomic E-state index is 11.8. The minimum Gasteiger partial charge on any atom is -0.299 e. The Morgan fingerprint density at radius 3 is 2.46 bits per heavy atom. The van der Waals surface area contributed by atoms with Crippen LogP contribution in [-0.4, -0.2) is 5.78 Å². The molecule has 4 atom stereocenters. The Balaban J connectivity index is 1.91. The predicted octanol–water partition coefficient (Wildman–Crippen LogP) is 2.79. The van der Waals surface area contributed by atoms with Crippen LogP contribution in [0.2, 0.25) is 0 Å². The lowest BCUT2D eigenvalue weighted by Gasteiger charge is -2.39. The first kappa shape index (κ1) is 8.02. The molecule has 3 aliphatic rings. The van der Waals surface area contributed by atoms with Crippen LogP contribution in [0.25, 0.3) is 0 Å². The summed E-state index contributed by atoms with van der Waals surface area (Å²) in [5.74, 6) is 3.68. The fourth-order valence-corrected chi connectivity index (χ4v) is 4.22. The molecule has 0 aromatic rings. The molecule has 0 aliphatic heterocycles. The molecular weight excluding hydrogens is 160 g/mol. The van der Waals surface area contributed by atoms with Crippen molar-refractivity contribution in [2.75, 3.05) is 0 Å². The van der Waals surface area contributed by atoms with Gasteiger partial charge in [-0.05, 0) is 30.6 Å². The van der Waals surface area contributed by atoms with Crippen LogP contribution in [0.5, 0.6) is 0 Å². The average molecular weight is 178 g/mol. The third-order valence-electron chi connectivity index (χ3n) is 4.67. The molecule has 3 rings (SSSR count). The molecule has 3 aliphatic carbocycles. The minimum atomic E-state index is 0.504. The summed E-state index contributed by atoms with van der Waals surface area (Å²) in [5.41, 5.74) is 0. The molecule has 3 fully saturated rings. The molecule has 0 amide bonds. The zero-order chi connectivity index (χ0) is 8.84. The second-order valence-corrected chi connectivity index (χ2v) is 5.24. The standard InChI is InChI=1S/C12H18O/c13-11-7-9-5-1-3-8-4-2-6-10(11)12(8)9/h8-10,12H,1-7H2/t8-,9+,10+,12+/m0/s1. The van der Waals surface area contributed by atoms with Gasteiger partial charge in [0.1, 0.15) is 5.78 Å².